The number of aryl methyl sites for hydroxylation is 1. The largest absolute Gasteiger partial charge is 0.393 e. The highest BCUT2D eigenvalue weighted by Crippen LogP contribution is 2.16. The minimum atomic E-state index is -0.353. The Balaban J connectivity index is 2.71. The molecule has 1 atom stereocenters. The molecule has 0 saturated carbocycles. The number of halogens is 1. The second kappa shape index (κ2) is 7.53. The summed E-state index contributed by atoms with van der Waals surface area (Å²) in [4.78, 5) is 12.0. The van der Waals surface area contributed by atoms with Gasteiger partial charge in [-0.15, -0.1) is 0 Å². The van der Waals surface area contributed by atoms with Crippen LogP contribution >= 0.6 is 15.9 Å². The number of hydrogen-bond acceptors (Lipinski definition) is 4. The van der Waals surface area contributed by atoms with E-state index in [1.54, 1.807) is 13.1 Å². The van der Waals surface area contributed by atoms with Crippen LogP contribution in [0.3, 0.4) is 0 Å². The summed E-state index contributed by atoms with van der Waals surface area (Å²) < 4.78 is 1.96. The zero-order valence-electron chi connectivity index (χ0n) is 10.8. The van der Waals surface area contributed by atoms with Crippen molar-refractivity contribution in [1.29, 1.82) is 0 Å². The maximum absolute atomic E-state index is 12.0. The number of nitrogens with zero attached hydrogens (tertiary/aromatic N) is 2. The summed E-state index contributed by atoms with van der Waals surface area (Å²) in [6.07, 6.45) is 3.89. The van der Waals surface area contributed by atoms with E-state index in [9.17, 15) is 4.79 Å². The SMILES string of the molecule is CCCCn1ncc(NCCC(C)O)c(Br)c1=O. The molecule has 0 radical (unpaired) electrons. The van der Waals surface area contributed by atoms with Crippen LogP contribution in [0.25, 0.3) is 0 Å². The van der Waals surface area contributed by atoms with Gasteiger partial charge in [0.2, 0.25) is 0 Å². The average Bonchev–Trinajstić information content (AvgIpc) is 2.33. The van der Waals surface area contributed by atoms with Crippen LogP contribution in [-0.2, 0) is 6.54 Å². The predicted molar refractivity (Wildman–Crippen MR) is 75.9 cm³/mol. The number of unbranched alkanes of at least 4 members (excludes halogenated alkanes) is 1. The lowest BCUT2D eigenvalue weighted by molar-refractivity contribution is 0.188. The van der Waals surface area contributed by atoms with Gasteiger partial charge in [-0.1, -0.05) is 13.3 Å². The molecule has 0 bridgehead atoms. The molecule has 6 heteroatoms. The van der Waals surface area contributed by atoms with Crippen molar-refractivity contribution in [2.75, 3.05) is 11.9 Å². The van der Waals surface area contributed by atoms with E-state index in [2.05, 4.69) is 33.3 Å². The van der Waals surface area contributed by atoms with Crippen LogP contribution in [0.4, 0.5) is 5.69 Å². The summed E-state index contributed by atoms with van der Waals surface area (Å²) in [6, 6.07) is 0. The highest BCUT2D eigenvalue weighted by atomic mass is 79.9. The molecule has 0 aromatic carbocycles. The Morgan fingerprint density at radius 1 is 1.61 bits per heavy atom. The number of anilines is 1. The number of nitrogens with one attached hydrogen (secondary N) is 1. The van der Waals surface area contributed by atoms with Crippen molar-refractivity contribution in [3.8, 4) is 0 Å². The zero-order chi connectivity index (χ0) is 13.5. The van der Waals surface area contributed by atoms with Gasteiger partial charge in [0.05, 0.1) is 18.0 Å². The van der Waals surface area contributed by atoms with Crippen molar-refractivity contribution in [1.82, 2.24) is 9.78 Å². The van der Waals surface area contributed by atoms with Crippen LogP contribution in [0.1, 0.15) is 33.1 Å². The Kier molecular flexibility index (Phi) is 6.35. The number of aliphatic hydroxyl groups excluding tert-OH is 1. The molecule has 1 aromatic heterocycles. The molecule has 0 saturated heterocycles. The Hall–Kier alpha value is -0.880. The van der Waals surface area contributed by atoms with Crippen LogP contribution in [0, 0.1) is 0 Å². The van der Waals surface area contributed by atoms with E-state index in [1.165, 1.54) is 4.68 Å². The Morgan fingerprint density at radius 3 is 2.94 bits per heavy atom. The Labute approximate surface area is 115 Å². The van der Waals surface area contributed by atoms with Gasteiger partial charge in [-0.05, 0) is 35.7 Å². The monoisotopic (exact) mass is 317 g/mol. The quantitative estimate of drug-likeness (QED) is 0.807. The average molecular weight is 318 g/mol. The van der Waals surface area contributed by atoms with Crippen LogP contribution in [0.5, 0.6) is 0 Å². The molecule has 0 aliphatic carbocycles. The number of hydrogen-bond donors (Lipinski definition) is 2. The van der Waals surface area contributed by atoms with Gasteiger partial charge in [0.1, 0.15) is 4.47 Å². The van der Waals surface area contributed by atoms with Crippen LogP contribution in [0.15, 0.2) is 15.5 Å². The maximum Gasteiger partial charge on any atom is 0.283 e. The number of aromatic nitrogens is 2. The molecule has 0 aliphatic rings. The third kappa shape index (κ3) is 4.42. The van der Waals surface area contributed by atoms with E-state index in [0.717, 1.165) is 12.8 Å². The molecule has 0 fully saturated rings. The first-order valence-corrected chi connectivity index (χ1v) is 7.03. The van der Waals surface area contributed by atoms with Gasteiger partial charge in [-0.25, -0.2) is 4.68 Å². The lowest BCUT2D eigenvalue weighted by Gasteiger charge is -2.11. The molecule has 1 rings (SSSR count). The lowest BCUT2D eigenvalue weighted by atomic mass is 10.3. The van der Waals surface area contributed by atoms with Crippen molar-refractivity contribution in [3.05, 3.63) is 21.0 Å². The number of rotatable bonds is 7. The summed E-state index contributed by atoms with van der Waals surface area (Å²) >= 11 is 3.29. The van der Waals surface area contributed by atoms with Gasteiger partial charge in [0.25, 0.3) is 5.56 Å². The van der Waals surface area contributed by atoms with Crippen molar-refractivity contribution < 1.29 is 5.11 Å². The highest BCUT2D eigenvalue weighted by Gasteiger charge is 2.08. The van der Waals surface area contributed by atoms with Gasteiger partial charge < -0.3 is 10.4 Å². The molecule has 1 aromatic rings. The van der Waals surface area contributed by atoms with E-state index in [-0.39, 0.29) is 11.7 Å². The lowest BCUT2D eigenvalue weighted by Crippen LogP contribution is -2.25. The molecule has 2 N–H and O–H groups in total. The first kappa shape index (κ1) is 15.2. The van der Waals surface area contributed by atoms with Crippen molar-refractivity contribution in [2.45, 2.75) is 45.8 Å². The van der Waals surface area contributed by atoms with Gasteiger partial charge in [-0.3, -0.25) is 4.79 Å². The van der Waals surface area contributed by atoms with E-state index in [1.807, 2.05) is 0 Å². The standard InChI is InChI=1S/C12H20BrN3O2/c1-3-4-7-16-12(18)11(13)10(8-15-16)14-6-5-9(2)17/h8-9,14,17H,3-7H2,1-2H3. The number of aliphatic hydroxyl groups is 1. The highest BCUT2D eigenvalue weighted by molar-refractivity contribution is 9.10. The maximum atomic E-state index is 12.0. The topological polar surface area (TPSA) is 67.2 Å². The molecule has 18 heavy (non-hydrogen) atoms. The van der Waals surface area contributed by atoms with E-state index in [0.29, 0.717) is 29.7 Å². The van der Waals surface area contributed by atoms with Crippen molar-refractivity contribution in [3.63, 3.8) is 0 Å². The van der Waals surface area contributed by atoms with Gasteiger partial charge in [-0.2, -0.15) is 5.10 Å². The van der Waals surface area contributed by atoms with Crippen LogP contribution in [0.2, 0.25) is 0 Å². The molecule has 0 spiro atoms. The molecule has 0 amide bonds. The molecule has 102 valence electrons. The summed E-state index contributed by atoms with van der Waals surface area (Å²) in [6.45, 7) is 5.06. The third-order valence-corrected chi connectivity index (χ3v) is 3.35. The fourth-order valence-corrected chi connectivity index (χ4v) is 1.92. The van der Waals surface area contributed by atoms with Crippen molar-refractivity contribution in [2.24, 2.45) is 0 Å². The van der Waals surface area contributed by atoms with Crippen LogP contribution < -0.4 is 10.9 Å². The molecular formula is C12H20BrN3O2. The van der Waals surface area contributed by atoms with Crippen LogP contribution in [-0.4, -0.2) is 27.5 Å². The minimum Gasteiger partial charge on any atom is -0.393 e. The normalized spacial score (nSPS) is 12.4. The Morgan fingerprint density at radius 2 is 2.33 bits per heavy atom. The molecule has 1 unspecified atom stereocenters. The smallest absolute Gasteiger partial charge is 0.283 e. The molecule has 1 heterocycles. The molecule has 0 aliphatic heterocycles. The van der Waals surface area contributed by atoms with Crippen molar-refractivity contribution >= 4 is 21.6 Å². The molecular weight excluding hydrogens is 298 g/mol. The third-order valence-electron chi connectivity index (χ3n) is 2.59. The fourth-order valence-electron chi connectivity index (χ4n) is 1.47. The first-order valence-electron chi connectivity index (χ1n) is 6.23. The second-order valence-corrected chi connectivity index (χ2v) is 5.11. The summed E-state index contributed by atoms with van der Waals surface area (Å²) in [5.41, 5.74) is 0.555. The van der Waals surface area contributed by atoms with Gasteiger partial charge >= 0.3 is 0 Å². The molecule has 5 nitrogen and oxygen atoms in total. The van der Waals surface area contributed by atoms with E-state index < -0.39 is 0 Å². The zero-order valence-corrected chi connectivity index (χ0v) is 12.4. The summed E-state index contributed by atoms with van der Waals surface area (Å²) in [5.74, 6) is 0. The fraction of sp³-hybridized carbons (Fsp3) is 0.667. The van der Waals surface area contributed by atoms with E-state index >= 15 is 0 Å². The van der Waals surface area contributed by atoms with E-state index in [4.69, 9.17) is 5.11 Å². The first-order chi connectivity index (χ1) is 8.56. The summed E-state index contributed by atoms with van der Waals surface area (Å²) in [5, 5.41) is 16.4. The minimum absolute atomic E-state index is 0.120. The van der Waals surface area contributed by atoms with Gasteiger partial charge in [0, 0.05) is 13.1 Å². The summed E-state index contributed by atoms with van der Waals surface area (Å²) in [7, 11) is 0. The second-order valence-electron chi connectivity index (χ2n) is 4.32. The predicted octanol–water partition coefficient (Wildman–Crippen LogP) is 1.99. The Bertz CT molecular complexity index is 432. The van der Waals surface area contributed by atoms with Gasteiger partial charge in [0.15, 0.2) is 0 Å².